The Morgan fingerprint density at radius 3 is 2.85 bits per heavy atom. The van der Waals surface area contributed by atoms with E-state index >= 15 is 0 Å². The van der Waals surface area contributed by atoms with Gasteiger partial charge in [-0.05, 0) is 24.3 Å². The second kappa shape index (κ2) is 6.37. The van der Waals surface area contributed by atoms with Gasteiger partial charge in [-0.15, -0.1) is 0 Å². The highest BCUT2D eigenvalue weighted by Crippen LogP contribution is 2.22. The molecule has 0 saturated carbocycles. The average molecular weight is 274 g/mol. The predicted octanol–water partition coefficient (Wildman–Crippen LogP) is 1.19. The molecule has 0 radical (unpaired) electrons. The van der Waals surface area contributed by atoms with Crippen molar-refractivity contribution in [1.29, 1.82) is 0 Å². The number of aromatic nitrogens is 2. The number of methoxy groups -OCH3 is 2. The maximum absolute atomic E-state index is 11.6. The van der Waals surface area contributed by atoms with Crippen LogP contribution in [0.4, 0.5) is 0 Å². The lowest BCUT2D eigenvalue weighted by Gasteiger charge is -2.06. The van der Waals surface area contributed by atoms with Crippen LogP contribution in [0.1, 0.15) is 16.1 Å². The molecule has 2 N–H and O–H groups in total. The quantitative estimate of drug-likeness (QED) is 0.633. The number of amides is 1. The summed E-state index contributed by atoms with van der Waals surface area (Å²) in [6.45, 7) is 0. The van der Waals surface area contributed by atoms with E-state index in [-0.39, 0.29) is 5.91 Å². The van der Waals surface area contributed by atoms with Crippen LogP contribution in [0.3, 0.4) is 0 Å². The highest BCUT2D eigenvalue weighted by Gasteiger charge is 2.05. The lowest BCUT2D eigenvalue weighted by atomic mass is 10.2. The first-order valence-electron chi connectivity index (χ1n) is 5.79. The molecule has 2 rings (SSSR count). The average Bonchev–Trinajstić information content (AvgIpc) is 3.01. The number of nitrogens with one attached hydrogen (secondary N) is 2. The molecule has 0 aliphatic heterocycles. The second-order valence-electron chi connectivity index (χ2n) is 3.78. The third-order valence-electron chi connectivity index (χ3n) is 2.55. The van der Waals surface area contributed by atoms with Crippen molar-refractivity contribution < 1.29 is 14.3 Å². The fraction of sp³-hybridized carbons (Fsp3) is 0.154. The van der Waals surface area contributed by atoms with Crippen molar-refractivity contribution in [3.05, 3.63) is 41.7 Å². The Morgan fingerprint density at radius 2 is 2.20 bits per heavy atom. The van der Waals surface area contributed by atoms with Gasteiger partial charge in [0.2, 0.25) is 0 Å². The van der Waals surface area contributed by atoms with E-state index in [0.29, 0.717) is 22.8 Å². The summed E-state index contributed by atoms with van der Waals surface area (Å²) in [5.41, 5.74) is 3.41. The van der Waals surface area contributed by atoms with E-state index < -0.39 is 0 Å². The summed E-state index contributed by atoms with van der Waals surface area (Å²) in [6, 6.07) is 6.85. The van der Waals surface area contributed by atoms with Gasteiger partial charge in [0.15, 0.2) is 0 Å². The Labute approximate surface area is 115 Å². The van der Waals surface area contributed by atoms with Crippen molar-refractivity contribution in [2.75, 3.05) is 14.2 Å². The van der Waals surface area contributed by atoms with Crippen molar-refractivity contribution in [3.8, 4) is 11.5 Å². The van der Waals surface area contributed by atoms with Gasteiger partial charge >= 0.3 is 0 Å². The van der Waals surface area contributed by atoms with Gasteiger partial charge in [0, 0.05) is 11.8 Å². The van der Waals surface area contributed by atoms with Crippen molar-refractivity contribution in [2.24, 2.45) is 5.10 Å². The van der Waals surface area contributed by atoms with Crippen molar-refractivity contribution >= 4 is 12.1 Å². The lowest BCUT2D eigenvalue weighted by molar-refractivity contribution is 0.0950. The minimum absolute atomic E-state index is 0.333. The molecule has 0 saturated heterocycles. The fourth-order valence-electron chi connectivity index (χ4n) is 1.54. The number of carbonyl (C=O) groups is 1. The van der Waals surface area contributed by atoms with Gasteiger partial charge in [0.05, 0.1) is 20.4 Å². The minimum atomic E-state index is -0.374. The first kappa shape index (κ1) is 13.6. The van der Waals surface area contributed by atoms with Crippen LogP contribution in [-0.4, -0.2) is 36.5 Å². The molecule has 7 heteroatoms. The van der Waals surface area contributed by atoms with Gasteiger partial charge in [-0.25, -0.2) is 5.43 Å². The van der Waals surface area contributed by atoms with Gasteiger partial charge in [-0.1, -0.05) is 0 Å². The van der Waals surface area contributed by atoms with Crippen LogP contribution in [0, 0.1) is 0 Å². The molecule has 0 aliphatic carbocycles. The van der Waals surface area contributed by atoms with Crippen molar-refractivity contribution in [1.82, 2.24) is 15.6 Å². The van der Waals surface area contributed by atoms with Crippen LogP contribution in [0.5, 0.6) is 11.5 Å². The number of H-pyrrole nitrogens is 1. The largest absolute Gasteiger partial charge is 0.497 e. The Balaban J connectivity index is 2.09. The summed E-state index contributed by atoms with van der Waals surface area (Å²) < 4.78 is 10.3. The molecule has 1 aromatic heterocycles. The van der Waals surface area contributed by atoms with Crippen molar-refractivity contribution in [3.63, 3.8) is 0 Å². The van der Waals surface area contributed by atoms with E-state index in [1.54, 1.807) is 38.5 Å². The van der Waals surface area contributed by atoms with Crippen LogP contribution < -0.4 is 14.9 Å². The first-order chi connectivity index (χ1) is 9.74. The number of hydrogen-bond acceptors (Lipinski definition) is 5. The van der Waals surface area contributed by atoms with Crippen molar-refractivity contribution in [2.45, 2.75) is 0 Å². The molecule has 104 valence electrons. The van der Waals surface area contributed by atoms with Gasteiger partial charge in [-0.3, -0.25) is 9.89 Å². The number of nitrogens with zero attached hydrogens (tertiary/aromatic N) is 2. The van der Waals surface area contributed by atoms with E-state index in [1.807, 2.05) is 0 Å². The first-order valence-corrected chi connectivity index (χ1v) is 5.79. The van der Waals surface area contributed by atoms with E-state index in [9.17, 15) is 4.79 Å². The minimum Gasteiger partial charge on any atom is -0.497 e. The predicted molar refractivity (Wildman–Crippen MR) is 73.2 cm³/mol. The summed E-state index contributed by atoms with van der Waals surface area (Å²) in [4.78, 5) is 11.6. The normalized spacial score (nSPS) is 10.5. The van der Waals surface area contributed by atoms with Gasteiger partial charge in [0.1, 0.15) is 17.2 Å². The Hall–Kier alpha value is -2.83. The SMILES string of the molecule is COc1ccc(OC)c(/C=N/NC(=O)c2ccn[nH]2)c1. The summed E-state index contributed by atoms with van der Waals surface area (Å²) >= 11 is 0. The standard InChI is InChI=1S/C13H14N4O3/c1-19-10-3-4-12(20-2)9(7-10)8-15-17-13(18)11-5-6-14-16-11/h3-8H,1-2H3,(H,14,16)(H,17,18)/b15-8+. The van der Waals surface area contributed by atoms with E-state index in [2.05, 4.69) is 20.7 Å². The van der Waals surface area contributed by atoms with Crippen LogP contribution in [-0.2, 0) is 0 Å². The lowest BCUT2D eigenvalue weighted by Crippen LogP contribution is -2.18. The number of rotatable bonds is 5. The van der Waals surface area contributed by atoms with Crippen LogP contribution >= 0.6 is 0 Å². The maximum atomic E-state index is 11.6. The van der Waals surface area contributed by atoms with Crippen LogP contribution in [0.15, 0.2) is 35.6 Å². The number of hydrazone groups is 1. The number of ether oxygens (including phenoxy) is 2. The molecular formula is C13H14N4O3. The van der Waals surface area contributed by atoms with Gasteiger partial charge in [0.25, 0.3) is 5.91 Å². The zero-order valence-corrected chi connectivity index (χ0v) is 11.1. The third kappa shape index (κ3) is 3.14. The molecule has 0 fully saturated rings. The summed E-state index contributed by atoms with van der Waals surface area (Å²) in [5, 5.41) is 10.1. The molecule has 0 bridgehead atoms. The Bertz CT molecular complexity index is 608. The fourth-order valence-corrected chi connectivity index (χ4v) is 1.54. The van der Waals surface area contributed by atoms with E-state index in [0.717, 1.165) is 0 Å². The zero-order valence-electron chi connectivity index (χ0n) is 11.1. The highest BCUT2D eigenvalue weighted by atomic mass is 16.5. The maximum Gasteiger partial charge on any atom is 0.289 e. The monoisotopic (exact) mass is 274 g/mol. The molecule has 0 spiro atoms. The number of benzene rings is 1. The molecule has 2 aromatic rings. The zero-order chi connectivity index (χ0) is 14.4. The Morgan fingerprint density at radius 1 is 1.35 bits per heavy atom. The molecule has 0 atom stereocenters. The van der Waals surface area contributed by atoms with Gasteiger partial charge < -0.3 is 9.47 Å². The summed E-state index contributed by atoms with van der Waals surface area (Å²) in [7, 11) is 3.13. The molecule has 0 aliphatic rings. The number of carbonyl (C=O) groups excluding carboxylic acids is 1. The molecule has 0 unspecified atom stereocenters. The molecule has 1 aromatic carbocycles. The smallest absolute Gasteiger partial charge is 0.289 e. The number of aromatic amines is 1. The van der Waals surface area contributed by atoms with Gasteiger partial charge in [-0.2, -0.15) is 10.2 Å². The molecule has 20 heavy (non-hydrogen) atoms. The van der Waals surface area contributed by atoms with E-state index in [1.165, 1.54) is 12.4 Å². The van der Waals surface area contributed by atoms with Crippen LogP contribution in [0.25, 0.3) is 0 Å². The molecular weight excluding hydrogens is 260 g/mol. The highest BCUT2D eigenvalue weighted by molar-refractivity contribution is 5.93. The molecule has 1 heterocycles. The van der Waals surface area contributed by atoms with E-state index in [4.69, 9.17) is 9.47 Å². The molecule has 7 nitrogen and oxygen atoms in total. The Kier molecular flexibility index (Phi) is 4.33. The third-order valence-corrected chi connectivity index (χ3v) is 2.55. The summed E-state index contributed by atoms with van der Waals surface area (Å²) in [5.74, 6) is 0.929. The van der Waals surface area contributed by atoms with Crippen LogP contribution in [0.2, 0.25) is 0 Å². The second-order valence-corrected chi connectivity index (χ2v) is 3.78. The molecule has 1 amide bonds. The number of hydrogen-bond donors (Lipinski definition) is 2. The topological polar surface area (TPSA) is 88.6 Å². The summed E-state index contributed by atoms with van der Waals surface area (Å²) in [6.07, 6.45) is 2.97.